The summed E-state index contributed by atoms with van der Waals surface area (Å²) >= 11 is 0. The number of hydrogen-bond acceptors (Lipinski definition) is 6. The molecular formula is C19H27N5O. The quantitative estimate of drug-likeness (QED) is 0.871. The number of hydrogen-bond donors (Lipinski definition) is 1. The zero-order valence-electron chi connectivity index (χ0n) is 15.3. The summed E-state index contributed by atoms with van der Waals surface area (Å²) in [5.74, 6) is 1.57. The second-order valence-electron chi connectivity index (χ2n) is 6.13. The molecular weight excluding hydrogens is 314 g/mol. The van der Waals surface area contributed by atoms with E-state index in [1.165, 1.54) is 11.3 Å². The Labute approximate surface area is 149 Å². The van der Waals surface area contributed by atoms with E-state index in [0.717, 1.165) is 50.9 Å². The van der Waals surface area contributed by atoms with Crippen molar-refractivity contribution in [2.75, 3.05) is 54.5 Å². The van der Waals surface area contributed by atoms with Gasteiger partial charge < -0.3 is 19.9 Å². The maximum Gasteiger partial charge on any atom is 0.229 e. The molecule has 0 amide bonds. The second-order valence-corrected chi connectivity index (χ2v) is 6.13. The molecule has 3 rings (SSSR count). The van der Waals surface area contributed by atoms with E-state index in [1.807, 2.05) is 6.07 Å². The first-order valence-electron chi connectivity index (χ1n) is 8.99. The molecule has 0 bridgehead atoms. The molecule has 0 aliphatic carbocycles. The maximum atomic E-state index is 5.41. The van der Waals surface area contributed by atoms with Crippen molar-refractivity contribution in [2.45, 2.75) is 20.8 Å². The Morgan fingerprint density at radius 3 is 2.60 bits per heavy atom. The van der Waals surface area contributed by atoms with Gasteiger partial charge in [0.05, 0.1) is 13.2 Å². The number of anilines is 4. The minimum absolute atomic E-state index is 0.627. The molecule has 134 valence electrons. The van der Waals surface area contributed by atoms with Gasteiger partial charge >= 0.3 is 0 Å². The van der Waals surface area contributed by atoms with E-state index in [0.29, 0.717) is 5.95 Å². The lowest BCUT2D eigenvalue weighted by Gasteiger charge is -2.27. The molecule has 1 N–H and O–H groups in total. The number of aryl methyl sites for hydroxylation is 1. The largest absolute Gasteiger partial charge is 0.378 e. The van der Waals surface area contributed by atoms with Gasteiger partial charge in [0.15, 0.2) is 0 Å². The number of benzene rings is 1. The van der Waals surface area contributed by atoms with Crippen LogP contribution in [0.2, 0.25) is 0 Å². The molecule has 0 radical (unpaired) electrons. The van der Waals surface area contributed by atoms with Crippen molar-refractivity contribution in [1.29, 1.82) is 0 Å². The third-order valence-electron chi connectivity index (χ3n) is 4.56. The number of nitrogens with zero attached hydrogens (tertiary/aromatic N) is 4. The summed E-state index contributed by atoms with van der Waals surface area (Å²) in [4.78, 5) is 13.6. The summed E-state index contributed by atoms with van der Waals surface area (Å²) in [6, 6.07) is 8.41. The third kappa shape index (κ3) is 4.20. The molecule has 1 saturated heterocycles. The van der Waals surface area contributed by atoms with Crippen molar-refractivity contribution in [2.24, 2.45) is 0 Å². The van der Waals surface area contributed by atoms with E-state index in [2.05, 4.69) is 64.1 Å². The van der Waals surface area contributed by atoms with Gasteiger partial charge in [0.1, 0.15) is 5.82 Å². The molecule has 6 heteroatoms. The molecule has 0 saturated carbocycles. The van der Waals surface area contributed by atoms with E-state index < -0.39 is 0 Å². The number of rotatable bonds is 6. The van der Waals surface area contributed by atoms with Gasteiger partial charge in [-0.15, -0.1) is 0 Å². The van der Waals surface area contributed by atoms with Crippen LogP contribution in [0.5, 0.6) is 0 Å². The first-order valence-corrected chi connectivity index (χ1v) is 8.99. The van der Waals surface area contributed by atoms with Crippen molar-refractivity contribution in [3.8, 4) is 0 Å². The summed E-state index contributed by atoms with van der Waals surface area (Å²) in [7, 11) is 0. The lowest BCUT2D eigenvalue weighted by atomic mass is 10.1. The molecule has 0 spiro atoms. The van der Waals surface area contributed by atoms with Crippen LogP contribution in [0.15, 0.2) is 30.5 Å². The van der Waals surface area contributed by atoms with Gasteiger partial charge in [0.25, 0.3) is 0 Å². The van der Waals surface area contributed by atoms with Gasteiger partial charge in [-0.3, -0.25) is 0 Å². The molecule has 1 aliphatic rings. The van der Waals surface area contributed by atoms with E-state index in [9.17, 15) is 0 Å². The standard InChI is InChI=1S/C19H27N5O/c1-4-23(5-2)16-6-7-17(15(3)14-16)21-19-20-9-8-18(22-19)24-10-12-25-13-11-24/h6-9,14H,4-5,10-13H2,1-3H3,(H,20,21,22). The van der Waals surface area contributed by atoms with Gasteiger partial charge in [-0.1, -0.05) is 0 Å². The summed E-state index contributed by atoms with van der Waals surface area (Å²) in [5.41, 5.74) is 3.47. The molecule has 1 fully saturated rings. The number of aromatic nitrogens is 2. The summed E-state index contributed by atoms with van der Waals surface area (Å²) in [5, 5.41) is 3.36. The minimum Gasteiger partial charge on any atom is -0.378 e. The van der Waals surface area contributed by atoms with E-state index in [-0.39, 0.29) is 0 Å². The second kappa shape index (κ2) is 8.16. The number of morpholine rings is 1. The Morgan fingerprint density at radius 1 is 1.16 bits per heavy atom. The molecule has 1 aromatic heterocycles. The van der Waals surface area contributed by atoms with Crippen LogP contribution in [0.3, 0.4) is 0 Å². The van der Waals surface area contributed by atoms with E-state index in [4.69, 9.17) is 4.74 Å². The Balaban J connectivity index is 1.76. The fraction of sp³-hybridized carbons (Fsp3) is 0.474. The predicted octanol–water partition coefficient (Wildman–Crippen LogP) is 3.21. The normalized spacial score (nSPS) is 14.4. The van der Waals surface area contributed by atoms with Crippen LogP contribution in [-0.4, -0.2) is 49.4 Å². The zero-order chi connectivity index (χ0) is 17.6. The highest BCUT2D eigenvalue weighted by atomic mass is 16.5. The average Bonchev–Trinajstić information content (AvgIpc) is 2.66. The Kier molecular flexibility index (Phi) is 5.71. The van der Waals surface area contributed by atoms with Crippen LogP contribution in [-0.2, 0) is 4.74 Å². The monoisotopic (exact) mass is 341 g/mol. The number of ether oxygens (including phenoxy) is 1. The van der Waals surface area contributed by atoms with Crippen LogP contribution in [0.25, 0.3) is 0 Å². The van der Waals surface area contributed by atoms with Crippen LogP contribution < -0.4 is 15.1 Å². The summed E-state index contributed by atoms with van der Waals surface area (Å²) < 4.78 is 5.41. The lowest BCUT2D eigenvalue weighted by molar-refractivity contribution is 0.122. The number of nitrogens with one attached hydrogen (secondary N) is 1. The molecule has 0 unspecified atom stereocenters. The molecule has 2 heterocycles. The molecule has 0 atom stereocenters. The average molecular weight is 341 g/mol. The zero-order valence-corrected chi connectivity index (χ0v) is 15.3. The van der Waals surface area contributed by atoms with E-state index >= 15 is 0 Å². The highest BCUT2D eigenvalue weighted by molar-refractivity contribution is 5.64. The molecule has 1 aliphatic heterocycles. The Hall–Kier alpha value is -2.34. The third-order valence-corrected chi connectivity index (χ3v) is 4.56. The summed E-state index contributed by atoms with van der Waals surface area (Å²) in [6.45, 7) is 11.7. The topological polar surface area (TPSA) is 53.5 Å². The van der Waals surface area contributed by atoms with E-state index in [1.54, 1.807) is 6.20 Å². The van der Waals surface area contributed by atoms with Crippen molar-refractivity contribution < 1.29 is 4.74 Å². The van der Waals surface area contributed by atoms with Crippen LogP contribution in [0.4, 0.5) is 23.1 Å². The lowest BCUT2D eigenvalue weighted by Crippen LogP contribution is -2.36. The fourth-order valence-electron chi connectivity index (χ4n) is 3.07. The minimum atomic E-state index is 0.627. The van der Waals surface area contributed by atoms with Gasteiger partial charge in [0, 0.05) is 43.8 Å². The van der Waals surface area contributed by atoms with Crippen LogP contribution in [0, 0.1) is 6.92 Å². The highest BCUT2D eigenvalue weighted by Gasteiger charge is 2.13. The SMILES string of the molecule is CCN(CC)c1ccc(Nc2nccc(N3CCOCC3)n2)c(C)c1. The first-order chi connectivity index (χ1) is 12.2. The van der Waals surface area contributed by atoms with Gasteiger partial charge in [-0.05, 0) is 50.6 Å². The van der Waals surface area contributed by atoms with Gasteiger partial charge in [0.2, 0.25) is 5.95 Å². The van der Waals surface area contributed by atoms with Crippen molar-refractivity contribution in [1.82, 2.24) is 9.97 Å². The van der Waals surface area contributed by atoms with Crippen molar-refractivity contribution in [3.63, 3.8) is 0 Å². The Morgan fingerprint density at radius 2 is 1.92 bits per heavy atom. The molecule has 25 heavy (non-hydrogen) atoms. The first kappa shape index (κ1) is 17.5. The highest BCUT2D eigenvalue weighted by Crippen LogP contribution is 2.25. The van der Waals surface area contributed by atoms with Gasteiger partial charge in [-0.2, -0.15) is 4.98 Å². The fourth-order valence-corrected chi connectivity index (χ4v) is 3.07. The van der Waals surface area contributed by atoms with Crippen molar-refractivity contribution >= 4 is 23.1 Å². The molecule has 1 aromatic carbocycles. The van der Waals surface area contributed by atoms with Gasteiger partial charge in [-0.25, -0.2) is 4.98 Å². The molecule has 6 nitrogen and oxygen atoms in total. The van der Waals surface area contributed by atoms with Crippen LogP contribution in [0.1, 0.15) is 19.4 Å². The summed E-state index contributed by atoms with van der Waals surface area (Å²) in [6.07, 6.45) is 1.81. The maximum absolute atomic E-state index is 5.41. The Bertz CT molecular complexity index is 696. The van der Waals surface area contributed by atoms with Crippen LogP contribution >= 0.6 is 0 Å². The smallest absolute Gasteiger partial charge is 0.229 e. The predicted molar refractivity (Wildman–Crippen MR) is 103 cm³/mol. The molecule has 2 aromatic rings. The van der Waals surface area contributed by atoms with Crippen molar-refractivity contribution in [3.05, 3.63) is 36.0 Å².